The van der Waals surface area contributed by atoms with Crippen molar-refractivity contribution in [2.45, 2.75) is 59.6 Å². The average Bonchev–Trinajstić information content (AvgIpc) is 2.30. The minimum absolute atomic E-state index is 0.0970. The van der Waals surface area contributed by atoms with Gasteiger partial charge in [0.2, 0.25) is 0 Å². The van der Waals surface area contributed by atoms with E-state index in [2.05, 4.69) is 59.0 Å². The summed E-state index contributed by atoms with van der Waals surface area (Å²) in [5.41, 5.74) is 3.81. The van der Waals surface area contributed by atoms with Gasteiger partial charge in [0.1, 0.15) is 11.4 Å². The Morgan fingerprint density at radius 2 is 2.00 bits per heavy atom. The van der Waals surface area contributed by atoms with Crippen LogP contribution in [-0.4, -0.2) is 12.1 Å². The molecule has 0 saturated carbocycles. The molecule has 106 valence electrons. The number of aryl methyl sites for hydroxylation is 1. The molecule has 0 fully saturated rings. The topological polar surface area (TPSA) is 21.3 Å². The predicted molar refractivity (Wildman–Crippen MR) is 80.8 cm³/mol. The molecular weight excluding hydrogens is 234 g/mol. The van der Waals surface area contributed by atoms with E-state index in [1.165, 1.54) is 16.7 Å². The first-order chi connectivity index (χ1) is 8.80. The van der Waals surface area contributed by atoms with Crippen LogP contribution in [0.25, 0.3) is 0 Å². The molecule has 0 spiro atoms. The van der Waals surface area contributed by atoms with Crippen molar-refractivity contribution in [1.29, 1.82) is 0 Å². The highest BCUT2D eigenvalue weighted by molar-refractivity contribution is 5.48. The molecule has 1 unspecified atom stereocenters. The van der Waals surface area contributed by atoms with Crippen LogP contribution in [0.4, 0.5) is 0 Å². The van der Waals surface area contributed by atoms with Crippen molar-refractivity contribution in [3.63, 3.8) is 0 Å². The highest BCUT2D eigenvalue weighted by Gasteiger charge is 2.34. The molecule has 0 amide bonds. The summed E-state index contributed by atoms with van der Waals surface area (Å²) in [7, 11) is 0. The number of rotatable bonds is 3. The van der Waals surface area contributed by atoms with Gasteiger partial charge in [-0.1, -0.05) is 26.0 Å². The zero-order valence-electron chi connectivity index (χ0n) is 13.1. The van der Waals surface area contributed by atoms with Crippen molar-refractivity contribution in [3.8, 4) is 5.75 Å². The lowest BCUT2D eigenvalue weighted by Gasteiger charge is -2.39. The molecule has 2 nitrogen and oxygen atoms in total. The second kappa shape index (κ2) is 5.16. The minimum atomic E-state index is -0.0970. The second-order valence-corrected chi connectivity index (χ2v) is 6.85. The van der Waals surface area contributed by atoms with E-state index in [9.17, 15) is 0 Å². The summed E-state index contributed by atoms with van der Waals surface area (Å²) >= 11 is 0. The van der Waals surface area contributed by atoms with Crippen molar-refractivity contribution >= 4 is 0 Å². The normalized spacial score (nSPS) is 21.1. The van der Waals surface area contributed by atoms with Gasteiger partial charge in [-0.25, -0.2) is 0 Å². The summed E-state index contributed by atoms with van der Waals surface area (Å²) in [5, 5.41) is 3.70. The Balaban J connectivity index is 2.35. The highest BCUT2D eigenvalue weighted by atomic mass is 16.5. The number of hydrogen-bond donors (Lipinski definition) is 1. The molecule has 0 aromatic heterocycles. The van der Waals surface area contributed by atoms with E-state index < -0.39 is 0 Å². The Hall–Kier alpha value is -1.02. The van der Waals surface area contributed by atoms with Gasteiger partial charge in [-0.2, -0.15) is 0 Å². The molecule has 1 aliphatic heterocycles. The zero-order chi connectivity index (χ0) is 14.2. The summed E-state index contributed by atoms with van der Waals surface area (Å²) in [6.45, 7) is 14.2. The van der Waals surface area contributed by atoms with Crippen LogP contribution in [0.5, 0.6) is 5.75 Å². The monoisotopic (exact) mass is 261 g/mol. The fraction of sp³-hybridized carbons (Fsp3) is 0.647. The van der Waals surface area contributed by atoms with E-state index >= 15 is 0 Å². The lowest BCUT2D eigenvalue weighted by atomic mass is 9.87. The molecule has 0 radical (unpaired) electrons. The molecule has 1 aliphatic rings. The number of nitrogens with one attached hydrogen (secondary N) is 1. The smallest absolute Gasteiger partial charge is 0.128 e. The highest BCUT2D eigenvalue weighted by Crippen LogP contribution is 2.42. The summed E-state index contributed by atoms with van der Waals surface area (Å²) in [5.74, 6) is 1.76. The van der Waals surface area contributed by atoms with Crippen LogP contribution in [0.15, 0.2) is 12.1 Å². The molecule has 0 bridgehead atoms. The second-order valence-electron chi connectivity index (χ2n) is 6.85. The fourth-order valence-electron chi connectivity index (χ4n) is 2.70. The van der Waals surface area contributed by atoms with Crippen LogP contribution < -0.4 is 10.1 Å². The number of fused-ring (bicyclic) bond motifs is 1. The third-order valence-corrected chi connectivity index (χ3v) is 3.93. The zero-order valence-corrected chi connectivity index (χ0v) is 13.1. The Labute approximate surface area is 117 Å². The van der Waals surface area contributed by atoms with E-state index in [0.29, 0.717) is 12.0 Å². The van der Waals surface area contributed by atoms with Gasteiger partial charge in [0.25, 0.3) is 0 Å². The number of hydrogen-bond acceptors (Lipinski definition) is 2. The van der Waals surface area contributed by atoms with Gasteiger partial charge < -0.3 is 10.1 Å². The maximum Gasteiger partial charge on any atom is 0.128 e. The molecule has 1 heterocycles. The molecule has 19 heavy (non-hydrogen) atoms. The fourth-order valence-corrected chi connectivity index (χ4v) is 2.70. The van der Waals surface area contributed by atoms with Gasteiger partial charge in [0.05, 0.1) is 0 Å². The van der Waals surface area contributed by atoms with Gasteiger partial charge in [-0.05, 0) is 51.3 Å². The summed E-state index contributed by atoms with van der Waals surface area (Å²) in [6, 6.07) is 4.84. The standard InChI is InChI=1S/C17H27NO/c1-11(2)10-18-15-9-17(5,6)19-16-13(4)12(3)7-8-14(15)16/h7-8,11,15,18H,9-10H2,1-6H3. The van der Waals surface area contributed by atoms with E-state index in [-0.39, 0.29) is 5.60 Å². The molecule has 1 atom stereocenters. The quantitative estimate of drug-likeness (QED) is 0.882. The third-order valence-electron chi connectivity index (χ3n) is 3.93. The summed E-state index contributed by atoms with van der Waals surface area (Å²) in [4.78, 5) is 0. The Morgan fingerprint density at radius 1 is 1.32 bits per heavy atom. The molecule has 2 heteroatoms. The van der Waals surface area contributed by atoms with E-state index in [1.807, 2.05) is 0 Å². The van der Waals surface area contributed by atoms with E-state index in [0.717, 1.165) is 18.7 Å². The van der Waals surface area contributed by atoms with E-state index in [4.69, 9.17) is 4.74 Å². The average molecular weight is 261 g/mol. The minimum Gasteiger partial charge on any atom is -0.487 e. The first kappa shape index (κ1) is 14.4. The molecule has 1 N–H and O–H groups in total. The van der Waals surface area contributed by atoms with E-state index in [1.54, 1.807) is 0 Å². The van der Waals surface area contributed by atoms with Crippen molar-refractivity contribution < 1.29 is 4.74 Å². The summed E-state index contributed by atoms with van der Waals surface area (Å²) < 4.78 is 6.23. The van der Waals surface area contributed by atoms with Crippen LogP contribution >= 0.6 is 0 Å². The maximum absolute atomic E-state index is 6.23. The van der Waals surface area contributed by atoms with Gasteiger partial charge in [0, 0.05) is 18.0 Å². The summed E-state index contributed by atoms with van der Waals surface area (Å²) in [6.07, 6.45) is 1.02. The van der Waals surface area contributed by atoms with Crippen LogP contribution in [0.1, 0.15) is 56.8 Å². The Kier molecular flexibility index (Phi) is 3.91. The predicted octanol–water partition coefficient (Wildman–Crippen LogP) is 4.15. The van der Waals surface area contributed by atoms with Crippen molar-refractivity contribution in [2.24, 2.45) is 5.92 Å². The third kappa shape index (κ3) is 3.11. The van der Waals surface area contributed by atoms with Gasteiger partial charge in [0.15, 0.2) is 0 Å². The largest absolute Gasteiger partial charge is 0.487 e. The molecular formula is C17H27NO. The van der Waals surface area contributed by atoms with Crippen LogP contribution in [0.2, 0.25) is 0 Å². The van der Waals surface area contributed by atoms with Gasteiger partial charge >= 0.3 is 0 Å². The van der Waals surface area contributed by atoms with Gasteiger partial charge in [-0.15, -0.1) is 0 Å². The SMILES string of the molecule is Cc1ccc2c(c1C)OC(C)(C)CC2NCC(C)C. The van der Waals surface area contributed by atoms with Gasteiger partial charge in [-0.3, -0.25) is 0 Å². The molecule has 2 rings (SSSR count). The number of ether oxygens (including phenoxy) is 1. The van der Waals surface area contributed by atoms with Crippen molar-refractivity contribution in [2.75, 3.05) is 6.54 Å². The first-order valence-corrected chi connectivity index (χ1v) is 7.32. The number of benzene rings is 1. The molecule has 1 aromatic rings. The van der Waals surface area contributed by atoms with Crippen LogP contribution in [0.3, 0.4) is 0 Å². The lowest BCUT2D eigenvalue weighted by molar-refractivity contribution is 0.0645. The lowest BCUT2D eigenvalue weighted by Crippen LogP contribution is -2.40. The Morgan fingerprint density at radius 3 is 2.63 bits per heavy atom. The van der Waals surface area contributed by atoms with Crippen LogP contribution in [-0.2, 0) is 0 Å². The maximum atomic E-state index is 6.23. The Bertz CT molecular complexity index is 463. The molecule has 0 saturated heterocycles. The van der Waals surface area contributed by atoms with Crippen molar-refractivity contribution in [1.82, 2.24) is 5.32 Å². The first-order valence-electron chi connectivity index (χ1n) is 7.32. The van der Waals surface area contributed by atoms with Crippen molar-refractivity contribution in [3.05, 3.63) is 28.8 Å². The molecule has 0 aliphatic carbocycles. The molecule has 1 aromatic carbocycles. The van der Waals surface area contributed by atoms with Crippen LogP contribution in [0, 0.1) is 19.8 Å².